The van der Waals surface area contributed by atoms with Crippen LogP contribution in [0, 0.1) is 6.92 Å². The summed E-state index contributed by atoms with van der Waals surface area (Å²) in [6.07, 6.45) is 0. The quantitative estimate of drug-likeness (QED) is 0.822. The molecule has 0 spiro atoms. The van der Waals surface area contributed by atoms with Gasteiger partial charge in [-0.3, -0.25) is 9.48 Å². The summed E-state index contributed by atoms with van der Waals surface area (Å²) in [7, 11) is 2.09. The number of carbonyl (C=O) groups excluding carboxylic acids is 1. The molecule has 106 valence electrons. The van der Waals surface area contributed by atoms with Crippen LogP contribution < -0.4 is 0 Å². The van der Waals surface area contributed by atoms with Crippen molar-refractivity contribution in [2.45, 2.75) is 13.5 Å². The first-order valence-electron chi connectivity index (χ1n) is 7.03. The van der Waals surface area contributed by atoms with Crippen LogP contribution in [0.15, 0.2) is 24.3 Å². The highest BCUT2D eigenvalue weighted by atomic mass is 16.2. The van der Waals surface area contributed by atoms with E-state index in [1.54, 1.807) is 0 Å². The van der Waals surface area contributed by atoms with Crippen molar-refractivity contribution in [3.63, 3.8) is 0 Å². The molecule has 1 aromatic heterocycles. The zero-order chi connectivity index (χ0) is 14.1. The van der Waals surface area contributed by atoms with E-state index in [-0.39, 0.29) is 5.91 Å². The number of aryl methyl sites for hydroxylation is 1. The van der Waals surface area contributed by atoms with Crippen LogP contribution in [-0.4, -0.2) is 58.7 Å². The van der Waals surface area contributed by atoms with Crippen LogP contribution in [0.25, 0.3) is 10.9 Å². The molecule has 0 N–H and O–H groups in total. The summed E-state index contributed by atoms with van der Waals surface area (Å²) < 4.78 is 1.82. The van der Waals surface area contributed by atoms with Crippen molar-refractivity contribution in [2.24, 2.45) is 0 Å². The molecule has 5 nitrogen and oxygen atoms in total. The highest BCUT2D eigenvalue weighted by Crippen LogP contribution is 2.17. The van der Waals surface area contributed by atoms with Crippen molar-refractivity contribution in [3.8, 4) is 0 Å². The van der Waals surface area contributed by atoms with Crippen molar-refractivity contribution in [1.82, 2.24) is 19.6 Å². The first kappa shape index (κ1) is 13.1. The van der Waals surface area contributed by atoms with Gasteiger partial charge in [-0.2, -0.15) is 5.10 Å². The maximum absolute atomic E-state index is 12.4. The summed E-state index contributed by atoms with van der Waals surface area (Å²) >= 11 is 0. The third-order valence-corrected chi connectivity index (χ3v) is 3.98. The normalized spacial score (nSPS) is 16.8. The van der Waals surface area contributed by atoms with Crippen molar-refractivity contribution >= 4 is 16.8 Å². The van der Waals surface area contributed by atoms with Gasteiger partial charge in [0.25, 0.3) is 0 Å². The molecule has 1 amide bonds. The second-order valence-electron chi connectivity index (χ2n) is 5.44. The van der Waals surface area contributed by atoms with E-state index in [0.29, 0.717) is 6.54 Å². The van der Waals surface area contributed by atoms with E-state index in [1.807, 2.05) is 34.7 Å². The van der Waals surface area contributed by atoms with E-state index < -0.39 is 0 Å². The largest absolute Gasteiger partial charge is 0.339 e. The molecule has 0 unspecified atom stereocenters. The molecule has 0 radical (unpaired) electrons. The van der Waals surface area contributed by atoms with Gasteiger partial charge in [-0.25, -0.2) is 0 Å². The van der Waals surface area contributed by atoms with E-state index in [9.17, 15) is 4.79 Å². The number of nitrogens with zero attached hydrogens (tertiary/aromatic N) is 4. The average Bonchev–Trinajstić information content (AvgIpc) is 2.77. The molecule has 1 fully saturated rings. The molecule has 0 bridgehead atoms. The number of para-hydroxylation sites is 1. The van der Waals surface area contributed by atoms with Gasteiger partial charge in [-0.15, -0.1) is 0 Å². The van der Waals surface area contributed by atoms with E-state index in [2.05, 4.69) is 23.1 Å². The summed E-state index contributed by atoms with van der Waals surface area (Å²) in [6, 6.07) is 8.06. The van der Waals surface area contributed by atoms with E-state index in [1.165, 1.54) is 0 Å². The zero-order valence-corrected chi connectivity index (χ0v) is 12.0. The Balaban J connectivity index is 1.78. The SMILES string of the molecule is Cc1nn(CC(=O)N2CCN(C)CC2)c2ccccc12. The topological polar surface area (TPSA) is 41.4 Å². The number of amides is 1. The number of rotatable bonds is 2. The van der Waals surface area contributed by atoms with Crippen molar-refractivity contribution in [1.29, 1.82) is 0 Å². The predicted octanol–water partition coefficient (Wildman–Crippen LogP) is 1.12. The lowest BCUT2D eigenvalue weighted by Gasteiger charge is -2.32. The smallest absolute Gasteiger partial charge is 0.244 e. The lowest BCUT2D eigenvalue weighted by Crippen LogP contribution is -2.48. The van der Waals surface area contributed by atoms with Gasteiger partial charge in [-0.05, 0) is 20.0 Å². The third kappa shape index (κ3) is 2.41. The van der Waals surface area contributed by atoms with E-state index in [0.717, 1.165) is 42.8 Å². The Hall–Kier alpha value is -1.88. The van der Waals surface area contributed by atoms with Gasteiger partial charge in [0, 0.05) is 31.6 Å². The minimum absolute atomic E-state index is 0.159. The minimum atomic E-state index is 0.159. The van der Waals surface area contributed by atoms with Crippen LogP contribution in [0.1, 0.15) is 5.69 Å². The van der Waals surface area contributed by atoms with Gasteiger partial charge in [0.05, 0.1) is 11.2 Å². The molecule has 0 atom stereocenters. The summed E-state index contributed by atoms with van der Waals surface area (Å²) in [4.78, 5) is 16.6. The fraction of sp³-hybridized carbons (Fsp3) is 0.467. The monoisotopic (exact) mass is 272 g/mol. The van der Waals surface area contributed by atoms with E-state index in [4.69, 9.17) is 0 Å². The van der Waals surface area contributed by atoms with Gasteiger partial charge >= 0.3 is 0 Å². The average molecular weight is 272 g/mol. The van der Waals surface area contributed by atoms with Crippen LogP contribution in [0.2, 0.25) is 0 Å². The number of hydrogen-bond acceptors (Lipinski definition) is 3. The summed E-state index contributed by atoms with van der Waals surface area (Å²) in [5.74, 6) is 0.159. The van der Waals surface area contributed by atoms with Crippen LogP contribution in [-0.2, 0) is 11.3 Å². The highest BCUT2D eigenvalue weighted by Gasteiger charge is 2.20. The lowest BCUT2D eigenvalue weighted by atomic mass is 10.2. The van der Waals surface area contributed by atoms with Crippen molar-refractivity contribution in [2.75, 3.05) is 33.2 Å². The van der Waals surface area contributed by atoms with Gasteiger partial charge < -0.3 is 9.80 Å². The minimum Gasteiger partial charge on any atom is -0.339 e. The Morgan fingerprint density at radius 1 is 1.20 bits per heavy atom. The van der Waals surface area contributed by atoms with E-state index >= 15 is 0 Å². The maximum Gasteiger partial charge on any atom is 0.244 e. The molecule has 2 aromatic rings. The summed E-state index contributed by atoms with van der Waals surface area (Å²) in [5.41, 5.74) is 2.01. The highest BCUT2D eigenvalue weighted by molar-refractivity contribution is 5.84. The molecule has 2 heterocycles. The molecule has 1 aromatic carbocycles. The number of piperazine rings is 1. The fourth-order valence-corrected chi connectivity index (χ4v) is 2.70. The Labute approximate surface area is 118 Å². The van der Waals surface area contributed by atoms with Crippen molar-refractivity contribution < 1.29 is 4.79 Å². The summed E-state index contributed by atoms with van der Waals surface area (Å²) in [5, 5.41) is 5.62. The number of fused-ring (bicyclic) bond motifs is 1. The second kappa shape index (κ2) is 5.25. The molecular weight excluding hydrogens is 252 g/mol. The molecule has 0 aliphatic carbocycles. The van der Waals surface area contributed by atoms with Gasteiger partial charge in [0.2, 0.25) is 5.91 Å². The molecule has 5 heteroatoms. The number of aromatic nitrogens is 2. The Kier molecular flexibility index (Phi) is 3.44. The van der Waals surface area contributed by atoms with Crippen LogP contribution in [0.5, 0.6) is 0 Å². The predicted molar refractivity (Wildman–Crippen MR) is 78.5 cm³/mol. The van der Waals surface area contributed by atoms with Gasteiger partial charge in [0.1, 0.15) is 6.54 Å². The van der Waals surface area contributed by atoms with Crippen LogP contribution >= 0.6 is 0 Å². The molecule has 1 aliphatic heterocycles. The fourth-order valence-electron chi connectivity index (χ4n) is 2.70. The number of benzene rings is 1. The lowest BCUT2D eigenvalue weighted by molar-refractivity contribution is -0.133. The first-order chi connectivity index (χ1) is 9.65. The molecule has 20 heavy (non-hydrogen) atoms. The Morgan fingerprint density at radius 2 is 1.90 bits per heavy atom. The summed E-state index contributed by atoms with van der Waals surface area (Å²) in [6.45, 7) is 5.84. The molecule has 1 aliphatic rings. The molecule has 0 saturated carbocycles. The van der Waals surface area contributed by atoms with Crippen LogP contribution in [0.4, 0.5) is 0 Å². The molecule has 3 rings (SSSR count). The Bertz CT molecular complexity index is 626. The number of carbonyl (C=O) groups is 1. The molecular formula is C15H20N4O. The second-order valence-corrected chi connectivity index (χ2v) is 5.44. The first-order valence-corrected chi connectivity index (χ1v) is 7.03. The maximum atomic E-state index is 12.4. The number of hydrogen-bond donors (Lipinski definition) is 0. The zero-order valence-electron chi connectivity index (χ0n) is 12.0. The van der Waals surface area contributed by atoms with Gasteiger partial charge in [0.15, 0.2) is 0 Å². The van der Waals surface area contributed by atoms with Crippen LogP contribution in [0.3, 0.4) is 0 Å². The molecule has 1 saturated heterocycles. The standard InChI is InChI=1S/C15H20N4O/c1-12-13-5-3-4-6-14(13)19(16-12)11-15(20)18-9-7-17(2)8-10-18/h3-6H,7-11H2,1-2H3. The van der Waals surface area contributed by atoms with Crippen molar-refractivity contribution in [3.05, 3.63) is 30.0 Å². The third-order valence-electron chi connectivity index (χ3n) is 3.98. The van der Waals surface area contributed by atoms with Gasteiger partial charge in [-0.1, -0.05) is 18.2 Å². The Morgan fingerprint density at radius 3 is 2.65 bits per heavy atom. The number of likely N-dealkylation sites (N-methyl/N-ethyl adjacent to an activating group) is 1.